The zero-order chi connectivity index (χ0) is 13.4. The second-order valence-electron chi connectivity index (χ2n) is 5.05. The quantitative estimate of drug-likeness (QED) is 0.774. The molecule has 0 saturated carbocycles. The van der Waals surface area contributed by atoms with Gasteiger partial charge in [0.1, 0.15) is 12.0 Å². The van der Waals surface area contributed by atoms with Crippen molar-refractivity contribution in [2.45, 2.75) is 26.2 Å². The number of benzene rings is 1. The van der Waals surface area contributed by atoms with Crippen LogP contribution in [0.2, 0.25) is 0 Å². The lowest BCUT2D eigenvalue weighted by Crippen LogP contribution is -2.19. The van der Waals surface area contributed by atoms with E-state index in [0.717, 1.165) is 29.7 Å². The maximum Gasteiger partial charge on any atom is 0.424 e. The molecule has 0 aliphatic heterocycles. The van der Waals surface area contributed by atoms with Crippen molar-refractivity contribution in [3.05, 3.63) is 51.8 Å². The van der Waals surface area contributed by atoms with Crippen LogP contribution in [0.3, 0.4) is 0 Å². The summed E-state index contributed by atoms with van der Waals surface area (Å²) in [6.07, 6.45) is 2.97. The number of aromatic nitrogens is 1. The molecule has 1 heterocycles. The highest BCUT2D eigenvalue weighted by atomic mass is 16.4. The van der Waals surface area contributed by atoms with Gasteiger partial charge in [-0.1, -0.05) is 17.7 Å². The van der Waals surface area contributed by atoms with Crippen molar-refractivity contribution in [1.29, 1.82) is 0 Å². The molecule has 0 N–H and O–H groups in total. The number of rotatable bonds is 2. The minimum Gasteiger partial charge on any atom is -0.412 e. The number of aldehydes is 1. The van der Waals surface area contributed by atoms with Crippen molar-refractivity contribution in [3.63, 3.8) is 0 Å². The van der Waals surface area contributed by atoms with Crippen molar-refractivity contribution < 1.29 is 9.21 Å². The Morgan fingerprint density at radius 2 is 2.05 bits per heavy atom. The van der Waals surface area contributed by atoms with Gasteiger partial charge in [-0.3, -0.25) is 0 Å². The normalized spacial score (nSPS) is 18.1. The van der Waals surface area contributed by atoms with Gasteiger partial charge in [-0.15, -0.1) is 0 Å². The molecule has 1 atom stereocenters. The van der Waals surface area contributed by atoms with Crippen LogP contribution in [0.15, 0.2) is 33.5 Å². The Morgan fingerprint density at radius 1 is 1.32 bits per heavy atom. The lowest BCUT2D eigenvalue weighted by atomic mass is 9.91. The molecule has 3 rings (SSSR count). The van der Waals surface area contributed by atoms with Crippen molar-refractivity contribution >= 4 is 6.29 Å². The van der Waals surface area contributed by atoms with Gasteiger partial charge in [-0.25, -0.2) is 9.36 Å². The van der Waals surface area contributed by atoms with E-state index in [9.17, 15) is 9.59 Å². The smallest absolute Gasteiger partial charge is 0.412 e. The molecule has 2 aromatic rings. The molecule has 0 radical (unpaired) electrons. The predicted octanol–water partition coefficient (Wildman–Crippen LogP) is 2.04. The van der Waals surface area contributed by atoms with Gasteiger partial charge in [0.05, 0.1) is 11.4 Å². The second kappa shape index (κ2) is 4.53. The van der Waals surface area contributed by atoms with E-state index in [0.29, 0.717) is 18.6 Å². The number of aryl methyl sites for hydroxylation is 1. The van der Waals surface area contributed by atoms with Crippen LogP contribution in [0.5, 0.6) is 0 Å². The number of carbonyl (C=O) groups excluding carboxylic acids is 1. The van der Waals surface area contributed by atoms with Crippen LogP contribution in [-0.2, 0) is 17.6 Å². The Balaban J connectivity index is 2.08. The lowest BCUT2D eigenvalue weighted by Gasteiger charge is -2.16. The SMILES string of the molecule is Cc1ccc(-n2c3c(oc2=O)CC(C=O)CC3)cc1. The van der Waals surface area contributed by atoms with Gasteiger partial charge >= 0.3 is 5.76 Å². The van der Waals surface area contributed by atoms with E-state index in [-0.39, 0.29) is 11.7 Å². The fourth-order valence-electron chi connectivity index (χ4n) is 2.59. The summed E-state index contributed by atoms with van der Waals surface area (Å²) in [5.41, 5.74) is 2.88. The van der Waals surface area contributed by atoms with Crippen molar-refractivity contribution in [2.75, 3.05) is 0 Å². The Morgan fingerprint density at radius 3 is 2.74 bits per heavy atom. The first-order valence-electron chi connectivity index (χ1n) is 6.45. The first-order valence-corrected chi connectivity index (χ1v) is 6.45. The van der Waals surface area contributed by atoms with Crippen LogP contribution in [0.25, 0.3) is 5.69 Å². The predicted molar refractivity (Wildman–Crippen MR) is 70.6 cm³/mol. The third kappa shape index (κ3) is 2.03. The topological polar surface area (TPSA) is 52.2 Å². The molecule has 0 saturated heterocycles. The molecule has 0 fully saturated rings. The Hall–Kier alpha value is -2.10. The van der Waals surface area contributed by atoms with E-state index in [2.05, 4.69) is 0 Å². The highest BCUT2D eigenvalue weighted by Gasteiger charge is 2.26. The highest BCUT2D eigenvalue weighted by molar-refractivity contribution is 5.55. The minimum absolute atomic E-state index is 0.0236. The number of hydrogen-bond acceptors (Lipinski definition) is 3. The highest BCUT2D eigenvalue weighted by Crippen LogP contribution is 2.25. The van der Waals surface area contributed by atoms with E-state index in [1.165, 1.54) is 0 Å². The van der Waals surface area contributed by atoms with Crippen LogP contribution < -0.4 is 5.76 Å². The maximum atomic E-state index is 12.0. The summed E-state index contributed by atoms with van der Waals surface area (Å²) in [5.74, 6) is 0.277. The third-order valence-corrected chi connectivity index (χ3v) is 3.67. The molecule has 1 aromatic heterocycles. The summed E-state index contributed by atoms with van der Waals surface area (Å²) in [6.45, 7) is 2.01. The largest absolute Gasteiger partial charge is 0.424 e. The molecule has 0 bridgehead atoms. The molecule has 0 amide bonds. The summed E-state index contributed by atoms with van der Waals surface area (Å²) < 4.78 is 6.92. The Kier molecular flexibility index (Phi) is 2.85. The fraction of sp³-hybridized carbons (Fsp3) is 0.333. The van der Waals surface area contributed by atoms with E-state index >= 15 is 0 Å². The monoisotopic (exact) mass is 257 g/mol. The molecule has 4 heteroatoms. The molecule has 0 spiro atoms. The minimum atomic E-state index is -0.361. The van der Waals surface area contributed by atoms with Crippen molar-refractivity contribution in [1.82, 2.24) is 4.57 Å². The molecular weight excluding hydrogens is 242 g/mol. The molecule has 1 aromatic carbocycles. The number of nitrogens with zero attached hydrogens (tertiary/aromatic N) is 1. The van der Waals surface area contributed by atoms with Crippen LogP contribution >= 0.6 is 0 Å². The maximum absolute atomic E-state index is 12.0. The Labute approximate surface area is 110 Å². The van der Waals surface area contributed by atoms with Gasteiger partial charge < -0.3 is 9.21 Å². The van der Waals surface area contributed by atoms with Gasteiger partial charge in [0.15, 0.2) is 0 Å². The van der Waals surface area contributed by atoms with Crippen LogP contribution in [-0.4, -0.2) is 10.9 Å². The van der Waals surface area contributed by atoms with Gasteiger partial charge in [0, 0.05) is 12.3 Å². The molecule has 4 nitrogen and oxygen atoms in total. The van der Waals surface area contributed by atoms with E-state index in [4.69, 9.17) is 4.42 Å². The first kappa shape index (κ1) is 12.0. The fourth-order valence-corrected chi connectivity index (χ4v) is 2.59. The molecule has 19 heavy (non-hydrogen) atoms. The van der Waals surface area contributed by atoms with Gasteiger partial charge in [-0.05, 0) is 31.9 Å². The zero-order valence-corrected chi connectivity index (χ0v) is 10.8. The number of hydrogen-bond donors (Lipinski definition) is 0. The van der Waals surface area contributed by atoms with Crippen LogP contribution in [0.4, 0.5) is 0 Å². The Bertz CT molecular complexity index is 664. The summed E-state index contributed by atoms with van der Waals surface area (Å²) in [4.78, 5) is 22.8. The molecular formula is C15H15NO3. The average molecular weight is 257 g/mol. The van der Waals surface area contributed by atoms with E-state index in [1.54, 1.807) is 4.57 Å². The number of fused-ring (bicyclic) bond motifs is 1. The second-order valence-corrected chi connectivity index (χ2v) is 5.05. The zero-order valence-electron chi connectivity index (χ0n) is 10.8. The number of oxazole rings is 1. The molecule has 1 aliphatic rings. The average Bonchev–Trinajstić information content (AvgIpc) is 2.74. The number of carbonyl (C=O) groups is 1. The lowest BCUT2D eigenvalue weighted by molar-refractivity contribution is -0.111. The molecule has 98 valence electrons. The summed E-state index contributed by atoms with van der Waals surface area (Å²) >= 11 is 0. The standard InChI is InChI=1S/C15H15NO3/c1-10-2-5-12(6-3-10)16-13-7-4-11(9-17)8-14(13)19-15(16)18/h2-3,5-6,9,11H,4,7-8H2,1H3. The van der Waals surface area contributed by atoms with Gasteiger partial charge in [-0.2, -0.15) is 0 Å². The summed E-state index contributed by atoms with van der Waals surface area (Å²) in [7, 11) is 0. The third-order valence-electron chi connectivity index (χ3n) is 3.67. The van der Waals surface area contributed by atoms with Crippen LogP contribution in [0.1, 0.15) is 23.4 Å². The molecule has 1 aliphatic carbocycles. The van der Waals surface area contributed by atoms with Crippen molar-refractivity contribution in [3.8, 4) is 5.69 Å². The van der Waals surface area contributed by atoms with Crippen molar-refractivity contribution in [2.24, 2.45) is 5.92 Å². The summed E-state index contributed by atoms with van der Waals surface area (Å²) in [6, 6.07) is 7.77. The first-order chi connectivity index (χ1) is 9.19. The summed E-state index contributed by atoms with van der Waals surface area (Å²) in [5, 5.41) is 0. The molecule has 1 unspecified atom stereocenters. The van der Waals surface area contributed by atoms with E-state index in [1.807, 2.05) is 31.2 Å². The van der Waals surface area contributed by atoms with E-state index < -0.39 is 0 Å². The van der Waals surface area contributed by atoms with Gasteiger partial charge in [0.2, 0.25) is 0 Å². The van der Waals surface area contributed by atoms with Gasteiger partial charge in [0.25, 0.3) is 0 Å². The van der Waals surface area contributed by atoms with Crippen LogP contribution in [0, 0.1) is 12.8 Å².